The van der Waals surface area contributed by atoms with Crippen molar-refractivity contribution in [1.29, 1.82) is 5.26 Å². The van der Waals surface area contributed by atoms with Crippen LogP contribution in [0.25, 0.3) is 0 Å². The summed E-state index contributed by atoms with van der Waals surface area (Å²) in [6.07, 6.45) is 0. The van der Waals surface area contributed by atoms with Crippen molar-refractivity contribution >= 4 is 15.7 Å². The zero-order valence-electron chi connectivity index (χ0n) is 11.5. The summed E-state index contributed by atoms with van der Waals surface area (Å²) in [5.41, 5.74) is 0.966. The molecule has 0 aromatic heterocycles. The summed E-state index contributed by atoms with van der Waals surface area (Å²) in [6.45, 7) is 1.85. The first-order valence-electron chi connectivity index (χ1n) is 6.11. The van der Waals surface area contributed by atoms with Crippen molar-refractivity contribution in [3.63, 3.8) is 0 Å². The second-order valence-corrected chi connectivity index (χ2v) is 6.53. The number of halogens is 1. The molecule has 0 amide bonds. The van der Waals surface area contributed by atoms with E-state index in [1.807, 2.05) is 6.92 Å². The molecule has 0 bridgehead atoms. The summed E-state index contributed by atoms with van der Waals surface area (Å²) in [6, 6.07) is 11.8. The van der Waals surface area contributed by atoms with Crippen LogP contribution in [0.4, 0.5) is 10.1 Å². The van der Waals surface area contributed by atoms with E-state index in [9.17, 15) is 12.8 Å². The van der Waals surface area contributed by atoms with Crippen LogP contribution in [0.1, 0.15) is 11.1 Å². The Morgan fingerprint density at radius 1 is 1.14 bits per heavy atom. The Balaban J connectivity index is 2.46. The largest absolute Gasteiger partial charge is 0.266 e. The first kappa shape index (κ1) is 15.0. The molecule has 0 N–H and O–H groups in total. The van der Waals surface area contributed by atoms with Gasteiger partial charge < -0.3 is 0 Å². The lowest BCUT2D eigenvalue weighted by molar-refractivity contribution is 0.589. The fourth-order valence-corrected chi connectivity index (χ4v) is 3.03. The zero-order valence-corrected chi connectivity index (χ0v) is 12.4. The van der Waals surface area contributed by atoms with Gasteiger partial charge in [-0.2, -0.15) is 5.26 Å². The van der Waals surface area contributed by atoms with Gasteiger partial charge in [0.2, 0.25) is 0 Å². The number of aryl methyl sites for hydroxylation is 1. The maximum absolute atomic E-state index is 13.9. The predicted octanol–water partition coefficient (Wildman–Crippen LogP) is 2.83. The van der Waals surface area contributed by atoms with E-state index in [1.165, 1.54) is 31.3 Å². The normalized spacial score (nSPS) is 11.0. The first-order chi connectivity index (χ1) is 9.86. The molecule has 0 heterocycles. The van der Waals surface area contributed by atoms with E-state index in [0.717, 1.165) is 15.9 Å². The van der Waals surface area contributed by atoms with Crippen LogP contribution < -0.4 is 4.31 Å². The standard InChI is InChI=1S/C15H13FN2O2S/c1-11-3-6-13(7-4-11)21(19,20)18(2)15-8-5-12(10-17)9-14(15)16/h3-9H,1-2H3. The van der Waals surface area contributed by atoms with E-state index in [0.29, 0.717) is 0 Å². The van der Waals surface area contributed by atoms with Crippen LogP contribution in [0.3, 0.4) is 0 Å². The third-order valence-corrected chi connectivity index (χ3v) is 4.88. The van der Waals surface area contributed by atoms with Crippen LogP contribution in [0.15, 0.2) is 47.4 Å². The van der Waals surface area contributed by atoms with E-state index in [1.54, 1.807) is 18.2 Å². The van der Waals surface area contributed by atoms with Crippen molar-refractivity contribution in [2.45, 2.75) is 11.8 Å². The molecule has 0 saturated carbocycles. The van der Waals surface area contributed by atoms with Crippen molar-refractivity contribution in [3.8, 4) is 6.07 Å². The van der Waals surface area contributed by atoms with Gasteiger partial charge in [-0.3, -0.25) is 4.31 Å². The van der Waals surface area contributed by atoms with Gasteiger partial charge in [0.05, 0.1) is 22.2 Å². The van der Waals surface area contributed by atoms with Gasteiger partial charge in [-0.1, -0.05) is 17.7 Å². The fourth-order valence-electron chi connectivity index (χ4n) is 1.83. The topological polar surface area (TPSA) is 61.2 Å². The number of sulfonamides is 1. The highest BCUT2D eigenvalue weighted by atomic mass is 32.2. The van der Waals surface area contributed by atoms with Gasteiger partial charge in [0, 0.05) is 7.05 Å². The van der Waals surface area contributed by atoms with E-state index in [-0.39, 0.29) is 16.1 Å². The van der Waals surface area contributed by atoms with Crippen molar-refractivity contribution in [2.24, 2.45) is 0 Å². The number of anilines is 1. The quantitative estimate of drug-likeness (QED) is 0.876. The molecule has 2 aromatic rings. The average molecular weight is 304 g/mol. The summed E-state index contributed by atoms with van der Waals surface area (Å²) in [4.78, 5) is 0.0827. The molecule has 2 aromatic carbocycles. The molecule has 0 aliphatic carbocycles. The molecule has 0 saturated heterocycles. The van der Waals surface area contributed by atoms with Gasteiger partial charge in [-0.05, 0) is 37.3 Å². The second-order valence-electron chi connectivity index (χ2n) is 4.56. The van der Waals surface area contributed by atoms with Crippen molar-refractivity contribution in [3.05, 3.63) is 59.4 Å². The third kappa shape index (κ3) is 2.88. The molecule has 0 aliphatic rings. The number of rotatable bonds is 3. The summed E-state index contributed by atoms with van der Waals surface area (Å²) in [5, 5.41) is 8.71. The Labute approximate surface area is 123 Å². The van der Waals surface area contributed by atoms with Gasteiger partial charge in [-0.25, -0.2) is 12.8 Å². The van der Waals surface area contributed by atoms with E-state index in [4.69, 9.17) is 5.26 Å². The SMILES string of the molecule is Cc1ccc(S(=O)(=O)N(C)c2ccc(C#N)cc2F)cc1. The maximum Gasteiger partial charge on any atom is 0.264 e. The molecule has 2 rings (SSSR count). The van der Waals surface area contributed by atoms with Gasteiger partial charge in [0.25, 0.3) is 10.0 Å². The maximum atomic E-state index is 13.9. The summed E-state index contributed by atoms with van der Waals surface area (Å²) < 4.78 is 39.7. The molecule has 108 valence electrons. The predicted molar refractivity (Wildman–Crippen MR) is 77.9 cm³/mol. The van der Waals surface area contributed by atoms with Gasteiger partial charge in [0.15, 0.2) is 0 Å². The Morgan fingerprint density at radius 3 is 2.29 bits per heavy atom. The molecule has 0 atom stereocenters. The highest BCUT2D eigenvalue weighted by Crippen LogP contribution is 2.25. The van der Waals surface area contributed by atoms with E-state index < -0.39 is 15.8 Å². The lowest BCUT2D eigenvalue weighted by atomic mass is 10.2. The van der Waals surface area contributed by atoms with Crippen LogP contribution in [0.2, 0.25) is 0 Å². The van der Waals surface area contributed by atoms with Gasteiger partial charge >= 0.3 is 0 Å². The average Bonchev–Trinajstić information content (AvgIpc) is 2.46. The van der Waals surface area contributed by atoms with Crippen molar-refractivity contribution in [2.75, 3.05) is 11.4 Å². The Morgan fingerprint density at radius 2 is 1.76 bits per heavy atom. The smallest absolute Gasteiger partial charge is 0.264 e. The van der Waals surface area contributed by atoms with Crippen LogP contribution in [-0.4, -0.2) is 15.5 Å². The minimum atomic E-state index is -3.84. The first-order valence-corrected chi connectivity index (χ1v) is 7.55. The number of hydrogen-bond acceptors (Lipinski definition) is 3. The Bertz CT molecular complexity index is 809. The highest BCUT2D eigenvalue weighted by molar-refractivity contribution is 7.92. The zero-order chi connectivity index (χ0) is 15.6. The second kappa shape index (κ2) is 5.54. The Kier molecular flexibility index (Phi) is 3.96. The molecular formula is C15H13FN2O2S. The van der Waals surface area contributed by atoms with E-state index >= 15 is 0 Å². The third-order valence-electron chi connectivity index (χ3n) is 3.10. The monoisotopic (exact) mass is 304 g/mol. The Hall–Kier alpha value is -2.39. The number of nitrogens with zero attached hydrogens (tertiary/aromatic N) is 2. The number of hydrogen-bond donors (Lipinski definition) is 0. The highest BCUT2D eigenvalue weighted by Gasteiger charge is 2.23. The molecule has 0 fully saturated rings. The number of nitriles is 1. The lowest BCUT2D eigenvalue weighted by Crippen LogP contribution is -2.27. The van der Waals surface area contributed by atoms with Gasteiger partial charge in [0.1, 0.15) is 5.82 Å². The number of benzene rings is 2. The van der Waals surface area contributed by atoms with Crippen LogP contribution in [0, 0.1) is 24.1 Å². The van der Waals surface area contributed by atoms with Crippen molar-refractivity contribution in [1.82, 2.24) is 0 Å². The van der Waals surface area contributed by atoms with Crippen molar-refractivity contribution < 1.29 is 12.8 Å². The summed E-state index contributed by atoms with van der Waals surface area (Å²) in [7, 11) is -2.56. The minimum absolute atomic E-state index is 0.0827. The fraction of sp³-hybridized carbons (Fsp3) is 0.133. The molecule has 6 heteroatoms. The lowest BCUT2D eigenvalue weighted by Gasteiger charge is -2.20. The van der Waals surface area contributed by atoms with E-state index in [2.05, 4.69) is 0 Å². The molecular weight excluding hydrogens is 291 g/mol. The van der Waals surface area contributed by atoms with Gasteiger partial charge in [-0.15, -0.1) is 0 Å². The van der Waals surface area contributed by atoms with Crippen LogP contribution in [0.5, 0.6) is 0 Å². The van der Waals surface area contributed by atoms with Crippen LogP contribution >= 0.6 is 0 Å². The molecule has 0 unspecified atom stereocenters. The minimum Gasteiger partial charge on any atom is -0.266 e. The summed E-state index contributed by atoms with van der Waals surface area (Å²) >= 11 is 0. The van der Waals surface area contributed by atoms with Crippen LogP contribution in [-0.2, 0) is 10.0 Å². The summed E-state index contributed by atoms with van der Waals surface area (Å²) in [5.74, 6) is -0.757. The molecule has 0 radical (unpaired) electrons. The molecule has 0 aliphatic heterocycles. The molecule has 4 nitrogen and oxygen atoms in total. The molecule has 0 spiro atoms. The molecule has 21 heavy (non-hydrogen) atoms.